The molecule has 0 spiro atoms. The van der Waals surface area contributed by atoms with Gasteiger partial charge < -0.3 is 9.16 Å². The highest BCUT2D eigenvalue weighted by atomic mass is 28.4. The van der Waals surface area contributed by atoms with E-state index in [2.05, 4.69) is 59.4 Å². The van der Waals surface area contributed by atoms with E-state index in [1.54, 1.807) is 0 Å². The van der Waals surface area contributed by atoms with Crippen molar-refractivity contribution in [2.45, 2.75) is 65.8 Å². The van der Waals surface area contributed by atoms with Crippen molar-refractivity contribution in [2.75, 3.05) is 7.11 Å². The molecule has 0 aliphatic heterocycles. The Balaban J connectivity index is 4.99. The molecule has 3 nitrogen and oxygen atoms in total. The first-order valence-electron chi connectivity index (χ1n) is 7.36. The van der Waals surface area contributed by atoms with E-state index in [-0.39, 0.29) is 23.0 Å². The predicted molar refractivity (Wildman–Crippen MR) is 87.2 cm³/mol. The van der Waals surface area contributed by atoms with Crippen LogP contribution in [0.25, 0.3) is 0 Å². The van der Waals surface area contributed by atoms with Crippen LogP contribution in [0.15, 0.2) is 12.2 Å². The summed E-state index contributed by atoms with van der Waals surface area (Å²) >= 11 is 0. The quantitative estimate of drug-likeness (QED) is 0.414. The molecule has 0 aromatic heterocycles. The van der Waals surface area contributed by atoms with Gasteiger partial charge in [0.15, 0.2) is 8.32 Å². The first kappa shape index (κ1) is 19.4. The van der Waals surface area contributed by atoms with Gasteiger partial charge in [-0.25, -0.2) is 4.79 Å². The van der Waals surface area contributed by atoms with Gasteiger partial charge in [0.1, 0.15) is 0 Å². The fourth-order valence-electron chi connectivity index (χ4n) is 1.78. The standard InChI is InChI=1S/C16H32O3Si/c1-12(2)15(13(3)10-11-14(17)18-7)19-20(8,9)16(4,5)6/h10-13,15H,1-9H3/b11-10+. The summed E-state index contributed by atoms with van der Waals surface area (Å²) in [6.07, 6.45) is 3.51. The van der Waals surface area contributed by atoms with E-state index in [1.165, 1.54) is 13.2 Å². The Morgan fingerprint density at radius 3 is 2.00 bits per heavy atom. The maximum Gasteiger partial charge on any atom is 0.330 e. The Hall–Kier alpha value is -0.613. The van der Waals surface area contributed by atoms with Gasteiger partial charge in [-0.3, -0.25) is 0 Å². The van der Waals surface area contributed by atoms with Crippen molar-refractivity contribution in [3.05, 3.63) is 12.2 Å². The van der Waals surface area contributed by atoms with Crippen molar-refractivity contribution >= 4 is 14.3 Å². The van der Waals surface area contributed by atoms with Gasteiger partial charge in [0.2, 0.25) is 0 Å². The third-order valence-corrected chi connectivity index (χ3v) is 8.62. The lowest BCUT2D eigenvalue weighted by atomic mass is 9.94. The number of hydrogen-bond donors (Lipinski definition) is 0. The molecule has 0 N–H and O–H groups in total. The molecule has 0 fully saturated rings. The van der Waals surface area contributed by atoms with Crippen LogP contribution in [0.3, 0.4) is 0 Å². The van der Waals surface area contributed by atoms with E-state index in [4.69, 9.17) is 4.43 Å². The Labute approximate surface area is 125 Å². The lowest BCUT2D eigenvalue weighted by Gasteiger charge is -2.42. The topological polar surface area (TPSA) is 35.5 Å². The summed E-state index contributed by atoms with van der Waals surface area (Å²) in [6.45, 7) is 17.7. The molecular weight excluding hydrogens is 268 g/mol. The fourth-order valence-corrected chi connectivity index (χ4v) is 3.30. The molecule has 2 atom stereocenters. The highest BCUT2D eigenvalue weighted by molar-refractivity contribution is 6.74. The average molecular weight is 301 g/mol. The van der Waals surface area contributed by atoms with Crippen molar-refractivity contribution in [3.63, 3.8) is 0 Å². The highest BCUT2D eigenvalue weighted by Crippen LogP contribution is 2.39. The van der Waals surface area contributed by atoms with Crippen LogP contribution in [-0.4, -0.2) is 27.5 Å². The monoisotopic (exact) mass is 300 g/mol. The Morgan fingerprint density at radius 2 is 1.65 bits per heavy atom. The number of methoxy groups -OCH3 is 1. The summed E-state index contributed by atoms with van der Waals surface area (Å²) in [4.78, 5) is 11.2. The van der Waals surface area contributed by atoms with Crippen LogP contribution in [0.1, 0.15) is 41.5 Å². The number of carbonyl (C=O) groups excluding carboxylic acids is 1. The third kappa shape index (κ3) is 5.79. The molecule has 0 aliphatic carbocycles. The Morgan fingerprint density at radius 1 is 1.15 bits per heavy atom. The lowest BCUT2D eigenvalue weighted by molar-refractivity contribution is -0.134. The summed E-state index contributed by atoms with van der Waals surface area (Å²) in [5.41, 5.74) is 0. The highest BCUT2D eigenvalue weighted by Gasteiger charge is 2.40. The minimum atomic E-state index is -1.81. The zero-order valence-electron chi connectivity index (χ0n) is 14.6. The molecule has 0 aliphatic rings. The zero-order valence-corrected chi connectivity index (χ0v) is 15.6. The van der Waals surface area contributed by atoms with Gasteiger partial charge in [-0.1, -0.05) is 47.6 Å². The van der Waals surface area contributed by atoms with Gasteiger partial charge in [0.25, 0.3) is 0 Å². The molecular formula is C16H32O3Si. The number of carbonyl (C=O) groups is 1. The summed E-state index contributed by atoms with van der Waals surface area (Å²) in [5.74, 6) is 0.274. The van der Waals surface area contributed by atoms with E-state index in [1.807, 2.05) is 6.08 Å². The van der Waals surface area contributed by atoms with Gasteiger partial charge in [-0.2, -0.15) is 0 Å². The first-order valence-corrected chi connectivity index (χ1v) is 10.3. The van der Waals surface area contributed by atoms with Gasteiger partial charge >= 0.3 is 5.97 Å². The number of ether oxygens (including phenoxy) is 1. The molecule has 0 bridgehead atoms. The summed E-state index contributed by atoms with van der Waals surface area (Å²) in [7, 11) is -0.416. The minimum absolute atomic E-state index is 0.122. The van der Waals surface area contributed by atoms with Crippen molar-refractivity contribution in [1.82, 2.24) is 0 Å². The fraction of sp³-hybridized carbons (Fsp3) is 0.812. The molecule has 0 aromatic carbocycles. The predicted octanol–water partition coefficient (Wildman–Crippen LogP) is 4.40. The summed E-state index contributed by atoms with van der Waals surface area (Å²) in [6, 6.07) is 0. The Kier molecular flexibility index (Phi) is 7.18. The van der Waals surface area contributed by atoms with Gasteiger partial charge in [0.05, 0.1) is 13.2 Å². The average Bonchev–Trinajstić information content (AvgIpc) is 2.30. The maximum absolute atomic E-state index is 11.2. The molecule has 0 saturated carbocycles. The number of esters is 1. The number of rotatable bonds is 6. The molecule has 118 valence electrons. The zero-order chi connectivity index (χ0) is 16.1. The van der Waals surface area contributed by atoms with E-state index >= 15 is 0 Å². The van der Waals surface area contributed by atoms with E-state index in [0.717, 1.165) is 0 Å². The maximum atomic E-state index is 11.2. The third-order valence-electron chi connectivity index (χ3n) is 4.15. The second-order valence-electron chi connectivity index (χ2n) is 7.33. The molecule has 0 amide bonds. The largest absolute Gasteiger partial charge is 0.466 e. The van der Waals surface area contributed by atoms with E-state index in [9.17, 15) is 4.79 Å². The molecule has 0 aromatic rings. The second kappa shape index (κ2) is 7.41. The minimum Gasteiger partial charge on any atom is -0.466 e. The summed E-state index contributed by atoms with van der Waals surface area (Å²) < 4.78 is 11.2. The van der Waals surface area contributed by atoms with Gasteiger partial charge in [-0.15, -0.1) is 0 Å². The van der Waals surface area contributed by atoms with Crippen LogP contribution in [0.2, 0.25) is 18.1 Å². The molecule has 0 rings (SSSR count). The van der Waals surface area contributed by atoms with Crippen LogP contribution in [0.4, 0.5) is 0 Å². The smallest absolute Gasteiger partial charge is 0.330 e. The molecule has 20 heavy (non-hydrogen) atoms. The van der Waals surface area contributed by atoms with Crippen LogP contribution in [0, 0.1) is 11.8 Å². The van der Waals surface area contributed by atoms with Gasteiger partial charge in [0, 0.05) is 6.08 Å². The van der Waals surface area contributed by atoms with Crippen molar-refractivity contribution in [2.24, 2.45) is 11.8 Å². The van der Waals surface area contributed by atoms with Gasteiger partial charge in [-0.05, 0) is 30.0 Å². The molecule has 0 radical (unpaired) electrons. The molecule has 0 heterocycles. The van der Waals surface area contributed by atoms with E-state index in [0.29, 0.717) is 5.92 Å². The van der Waals surface area contributed by atoms with Crippen molar-refractivity contribution < 1.29 is 14.0 Å². The SMILES string of the molecule is COC(=O)/C=C/C(C)C(O[Si](C)(C)C(C)(C)C)C(C)C. The van der Waals surface area contributed by atoms with Crippen LogP contribution in [-0.2, 0) is 14.0 Å². The normalized spacial score (nSPS) is 16.5. The lowest BCUT2D eigenvalue weighted by Crippen LogP contribution is -2.46. The Bertz CT molecular complexity index is 340. The van der Waals surface area contributed by atoms with Crippen LogP contribution >= 0.6 is 0 Å². The van der Waals surface area contributed by atoms with Crippen LogP contribution < -0.4 is 0 Å². The van der Waals surface area contributed by atoms with Crippen molar-refractivity contribution in [3.8, 4) is 0 Å². The first-order chi connectivity index (χ1) is 8.92. The number of hydrogen-bond acceptors (Lipinski definition) is 3. The van der Waals surface area contributed by atoms with Crippen molar-refractivity contribution in [1.29, 1.82) is 0 Å². The molecule has 2 unspecified atom stereocenters. The molecule has 0 saturated heterocycles. The molecule has 4 heteroatoms. The van der Waals surface area contributed by atoms with E-state index < -0.39 is 8.32 Å². The van der Waals surface area contributed by atoms with Crippen LogP contribution in [0.5, 0.6) is 0 Å². The second-order valence-corrected chi connectivity index (χ2v) is 12.1. The summed E-state index contributed by atoms with van der Waals surface area (Å²) in [5, 5.41) is 0.186.